The van der Waals surface area contributed by atoms with Gasteiger partial charge in [-0.15, -0.1) is 0 Å². The van der Waals surface area contributed by atoms with E-state index in [0.717, 1.165) is 11.1 Å². The topological polar surface area (TPSA) is 99.7 Å². The number of benzene rings is 2. The summed E-state index contributed by atoms with van der Waals surface area (Å²) in [5.74, 6) is 0.628. The van der Waals surface area contributed by atoms with Crippen LogP contribution in [0, 0.1) is 0 Å². The average molecular weight is 697 g/mol. The molecule has 3 saturated heterocycles. The number of nitrogens with zero attached hydrogens (tertiary/aromatic N) is 4. The van der Waals surface area contributed by atoms with E-state index in [4.69, 9.17) is 33.9 Å². The molecular formula is C32H32N4O6S4. The third kappa shape index (κ3) is 7.63. The van der Waals surface area contributed by atoms with Crippen LogP contribution in [0.15, 0.2) is 58.3 Å². The molecule has 0 aliphatic carbocycles. The Bertz CT molecular complexity index is 1520. The van der Waals surface area contributed by atoms with Crippen LogP contribution < -0.4 is 9.47 Å². The first-order valence-electron chi connectivity index (χ1n) is 14.5. The van der Waals surface area contributed by atoms with Crippen LogP contribution in [0.3, 0.4) is 0 Å². The summed E-state index contributed by atoms with van der Waals surface area (Å²) < 4.78 is 11.6. The van der Waals surface area contributed by atoms with Gasteiger partial charge < -0.3 is 19.3 Å². The lowest BCUT2D eigenvalue weighted by Gasteiger charge is -2.35. The summed E-state index contributed by atoms with van der Waals surface area (Å²) in [6, 6.07) is 14.8. The molecule has 5 rings (SSSR count). The van der Waals surface area contributed by atoms with Crippen LogP contribution in [0.2, 0.25) is 0 Å². The minimum absolute atomic E-state index is 0.103. The fraction of sp³-hybridized carbons (Fsp3) is 0.312. The monoisotopic (exact) mass is 696 g/mol. The number of ether oxygens (including phenoxy) is 2. The molecule has 0 saturated carbocycles. The smallest absolute Gasteiger partial charge is 0.266 e. The molecule has 240 valence electrons. The number of methoxy groups -OCH3 is 2. The van der Waals surface area contributed by atoms with E-state index in [0.29, 0.717) is 56.1 Å². The molecule has 0 bridgehead atoms. The lowest BCUT2D eigenvalue weighted by molar-refractivity contribution is -0.140. The van der Waals surface area contributed by atoms with Gasteiger partial charge in [0.2, 0.25) is 11.8 Å². The number of thioether (sulfide) groups is 2. The number of carbonyl (C=O) groups is 4. The van der Waals surface area contributed by atoms with Crippen molar-refractivity contribution in [3.8, 4) is 11.5 Å². The highest BCUT2D eigenvalue weighted by Crippen LogP contribution is 2.35. The van der Waals surface area contributed by atoms with Gasteiger partial charge in [-0.05, 0) is 24.3 Å². The third-order valence-corrected chi connectivity index (χ3v) is 10.4. The van der Waals surface area contributed by atoms with Gasteiger partial charge in [0.25, 0.3) is 11.8 Å². The maximum Gasteiger partial charge on any atom is 0.266 e. The number of para-hydroxylation sites is 2. The largest absolute Gasteiger partial charge is 0.496 e. The van der Waals surface area contributed by atoms with E-state index < -0.39 is 0 Å². The van der Waals surface area contributed by atoms with Crippen molar-refractivity contribution in [2.24, 2.45) is 0 Å². The average Bonchev–Trinajstić information content (AvgIpc) is 3.49. The molecule has 14 heteroatoms. The van der Waals surface area contributed by atoms with Gasteiger partial charge in [0.05, 0.1) is 24.0 Å². The Kier molecular flexibility index (Phi) is 11.1. The van der Waals surface area contributed by atoms with Gasteiger partial charge >= 0.3 is 0 Å². The van der Waals surface area contributed by atoms with Gasteiger partial charge in [-0.1, -0.05) is 84.4 Å². The molecule has 3 fully saturated rings. The normalized spacial score (nSPS) is 18.7. The Morgan fingerprint density at radius 1 is 0.696 bits per heavy atom. The van der Waals surface area contributed by atoms with Crippen LogP contribution in [0.25, 0.3) is 12.2 Å². The summed E-state index contributed by atoms with van der Waals surface area (Å²) in [5.41, 5.74) is 1.54. The molecule has 0 spiro atoms. The molecule has 3 aliphatic heterocycles. The standard InChI is InChI=1S/C32H32N4O6S4/c1-41-23-9-5-3-7-21(23)19-25-29(39)35(31(43)45-25)13-11-27(37)33-15-17-34(18-16-33)28(38)12-14-36-30(40)26(46-32(36)44)20-22-8-4-6-10-24(22)42-2/h3-10,19-20H,11-18H2,1-2H3/b25-19-,26-20+. The second-order valence-corrected chi connectivity index (χ2v) is 13.8. The minimum atomic E-state index is -0.235. The van der Waals surface area contributed by atoms with E-state index in [2.05, 4.69) is 0 Å². The van der Waals surface area contributed by atoms with Gasteiger partial charge in [0, 0.05) is 63.2 Å². The van der Waals surface area contributed by atoms with Crippen molar-refractivity contribution in [3.05, 3.63) is 69.5 Å². The second-order valence-electron chi connectivity index (χ2n) is 10.4. The minimum Gasteiger partial charge on any atom is -0.496 e. The molecule has 0 unspecified atom stereocenters. The highest BCUT2D eigenvalue weighted by atomic mass is 32.2. The van der Waals surface area contributed by atoms with E-state index in [1.165, 1.54) is 33.3 Å². The molecule has 4 amide bonds. The zero-order valence-corrected chi connectivity index (χ0v) is 28.6. The fourth-order valence-corrected chi connectivity index (χ4v) is 7.77. The van der Waals surface area contributed by atoms with Crippen LogP contribution in [-0.2, 0) is 19.2 Å². The van der Waals surface area contributed by atoms with Gasteiger partial charge in [0.15, 0.2) is 0 Å². The summed E-state index contributed by atoms with van der Waals surface area (Å²) in [6.07, 6.45) is 3.75. The van der Waals surface area contributed by atoms with Crippen molar-refractivity contribution in [2.75, 3.05) is 53.5 Å². The number of carbonyl (C=O) groups excluding carboxylic acids is 4. The Morgan fingerprint density at radius 2 is 1.07 bits per heavy atom. The number of hydrogen-bond acceptors (Lipinski definition) is 10. The molecule has 3 heterocycles. The van der Waals surface area contributed by atoms with E-state index in [1.807, 2.05) is 48.5 Å². The summed E-state index contributed by atoms with van der Waals surface area (Å²) in [5, 5.41) is 0. The molecule has 2 aromatic rings. The van der Waals surface area contributed by atoms with Crippen molar-refractivity contribution in [2.45, 2.75) is 12.8 Å². The predicted molar refractivity (Wildman–Crippen MR) is 188 cm³/mol. The molecule has 2 aromatic carbocycles. The Balaban J connectivity index is 1.07. The van der Waals surface area contributed by atoms with Crippen LogP contribution in [-0.4, -0.2) is 105 Å². The van der Waals surface area contributed by atoms with Crippen LogP contribution >= 0.6 is 48.0 Å². The van der Waals surface area contributed by atoms with E-state index >= 15 is 0 Å². The first kappa shape index (κ1) is 33.6. The lowest BCUT2D eigenvalue weighted by Crippen LogP contribution is -2.51. The fourth-order valence-electron chi connectivity index (χ4n) is 5.18. The second kappa shape index (κ2) is 15.2. The predicted octanol–water partition coefficient (Wildman–Crippen LogP) is 4.26. The first-order chi connectivity index (χ1) is 22.2. The van der Waals surface area contributed by atoms with E-state index in [1.54, 1.807) is 36.2 Å². The van der Waals surface area contributed by atoms with Crippen LogP contribution in [0.1, 0.15) is 24.0 Å². The van der Waals surface area contributed by atoms with Crippen LogP contribution in [0.5, 0.6) is 11.5 Å². The Morgan fingerprint density at radius 3 is 1.43 bits per heavy atom. The molecular weight excluding hydrogens is 665 g/mol. The molecule has 46 heavy (non-hydrogen) atoms. The summed E-state index contributed by atoms with van der Waals surface area (Å²) in [6.45, 7) is 1.92. The van der Waals surface area contributed by atoms with Gasteiger partial charge in [-0.3, -0.25) is 29.0 Å². The number of thiocarbonyl (C=S) groups is 2. The molecule has 0 atom stereocenters. The molecule has 0 aromatic heterocycles. The van der Waals surface area contributed by atoms with Crippen molar-refractivity contribution >= 4 is 92.4 Å². The molecule has 3 aliphatic rings. The number of hydrogen-bond donors (Lipinski definition) is 0. The van der Waals surface area contributed by atoms with E-state index in [9.17, 15) is 19.2 Å². The maximum absolute atomic E-state index is 13.0. The highest BCUT2D eigenvalue weighted by Gasteiger charge is 2.35. The Hall–Kier alpha value is -3.72. The lowest BCUT2D eigenvalue weighted by atomic mass is 10.2. The number of piperazine rings is 1. The molecule has 10 nitrogen and oxygen atoms in total. The van der Waals surface area contributed by atoms with Gasteiger partial charge in [-0.25, -0.2) is 0 Å². The first-order valence-corrected chi connectivity index (χ1v) is 17.0. The number of amides is 4. The van der Waals surface area contributed by atoms with Gasteiger partial charge in [-0.2, -0.15) is 0 Å². The van der Waals surface area contributed by atoms with Crippen molar-refractivity contribution < 1.29 is 28.7 Å². The van der Waals surface area contributed by atoms with Crippen molar-refractivity contribution in [3.63, 3.8) is 0 Å². The zero-order chi connectivity index (χ0) is 32.8. The van der Waals surface area contributed by atoms with Crippen LogP contribution in [0.4, 0.5) is 0 Å². The van der Waals surface area contributed by atoms with Crippen molar-refractivity contribution in [1.82, 2.24) is 19.6 Å². The maximum atomic E-state index is 13.0. The van der Waals surface area contributed by atoms with Crippen molar-refractivity contribution in [1.29, 1.82) is 0 Å². The quantitative estimate of drug-likeness (QED) is 0.265. The SMILES string of the molecule is COc1ccccc1/C=C1\SC(=S)N(CCC(=O)N2CCN(C(=O)CCN3C(=O)/C(=C\c4ccccc4OC)SC3=S)CC2)C1=O. The van der Waals surface area contributed by atoms with E-state index in [-0.39, 0.29) is 49.6 Å². The number of rotatable bonds is 10. The summed E-state index contributed by atoms with van der Waals surface area (Å²) in [7, 11) is 3.15. The summed E-state index contributed by atoms with van der Waals surface area (Å²) in [4.78, 5) is 59.4. The molecule has 0 radical (unpaired) electrons. The summed E-state index contributed by atoms with van der Waals surface area (Å²) >= 11 is 13.3. The zero-order valence-electron chi connectivity index (χ0n) is 25.3. The highest BCUT2D eigenvalue weighted by molar-refractivity contribution is 8.27. The molecule has 0 N–H and O–H groups in total. The Labute approximate surface area is 286 Å². The van der Waals surface area contributed by atoms with Gasteiger partial charge in [0.1, 0.15) is 20.1 Å². The third-order valence-electron chi connectivity index (χ3n) is 7.68.